The fourth-order valence-electron chi connectivity index (χ4n) is 1.94. The molecular formula is C14H21N3O3S. The number of rotatable bonds is 7. The van der Waals surface area contributed by atoms with Crippen molar-refractivity contribution in [2.24, 2.45) is 0 Å². The van der Waals surface area contributed by atoms with E-state index in [1.54, 1.807) is 24.3 Å². The van der Waals surface area contributed by atoms with Crippen molar-refractivity contribution in [3.63, 3.8) is 0 Å². The molecule has 0 saturated carbocycles. The van der Waals surface area contributed by atoms with Crippen LogP contribution >= 0.6 is 0 Å². The fourth-order valence-corrected chi connectivity index (χ4v) is 3.02. The average Bonchev–Trinajstić information content (AvgIpc) is 2.36. The lowest BCUT2D eigenvalue weighted by atomic mass is 10.1. The molecule has 1 aromatic rings. The van der Waals surface area contributed by atoms with Crippen LogP contribution in [0, 0.1) is 6.92 Å². The van der Waals surface area contributed by atoms with Crippen LogP contribution in [0.2, 0.25) is 0 Å². The molecule has 1 atom stereocenters. The highest BCUT2D eigenvalue weighted by molar-refractivity contribution is 7.89. The van der Waals surface area contributed by atoms with E-state index < -0.39 is 10.0 Å². The smallest absolute Gasteiger partial charge is 0.240 e. The lowest BCUT2D eigenvalue weighted by Gasteiger charge is -2.26. The normalized spacial score (nSPS) is 18.0. The summed E-state index contributed by atoms with van der Waals surface area (Å²) in [7, 11) is -3.46. The third-order valence-corrected chi connectivity index (χ3v) is 4.89. The lowest BCUT2D eigenvalue weighted by molar-refractivity contribution is -0.124. The Bertz CT molecular complexity index is 580. The molecule has 0 radical (unpaired) electrons. The summed E-state index contributed by atoms with van der Waals surface area (Å²) < 4.78 is 26.5. The molecule has 1 amide bonds. The van der Waals surface area contributed by atoms with E-state index in [1.807, 2.05) is 6.92 Å². The van der Waals surface area contributed by atoms with Crippen LogP contribution in [0.1, 0.15) is 18.4 Å². The van der Waals surface area contributed by atoms with Gasteiger partial charge in [0.25, 0.3) is 0 Å². The first kappa shape index (κ1) is 15.9. The van der Waals surface area contributed by atoms with Gasteiger partial charge < -0.3 is 10.6 Å². The van der Waals surface area contributed by atoms with Crippen molar-refractivity contribution in [2.45, 2.75) is 30.7 Å². The molecule has 1 aliphatic rings. The summed E-state index contributed by atoms with van der Waals surface area (Å²) in [5, 5.41) is 5.79. The number of amides is 1. The van der Waals surface area contributed by atoms with E-state index in [0.29, 0.717) is 19.5 Å². The Labute approximate surface area is 125 Å². The van der Waals surface area contributed by atoms with Gasteiger partial charge in [0.2, 0.25) is 15.9 Å². The van der Waals surface area contributed by atoms with E-state index in [9.17, 15) is 13.2 Å². The maximum Gasteiger partial charge on any atom is 0.240 e. The van der Waals surface area contributed by atoms with Gasteiger partial charge in [0.05, 0.1) is 10.9 Å². The second-order valence-electron chi connectivity index (χ2n) is 5.15. The third kappa shape index (κ3) is 4.52. The predicted octanol–water partition coefficient (Wildman–Crippen LogP) is 0.142. The third-order valence-electron chi connectivity index (χ3n) is 3.42. The zero-order valence-corrected chi connectivity index (χ0v) is 12.9. The van der Waals surface area contributed by atoms with E-state index in [-0.39, 0.29) is 16.8 Å². The van der Waals surface area contributed by atoms with Gasteiger partial charge in [-0.3, -0.25) is 4.79 Å². The van der Waals surface area contributed by atoms with E-state index in [2.05, 4.69) is 15.4 Å². The summed E-state index contributed by atoms with van der Waals surface area (Å²) in [6.45, 7) is 3.56. The number of carbonyl (C=O) groups is 1. The monoisotopic (exact) mass is 311 g/mol. The second-order valence-corrected chi connectivity index (χ2v) is 6.92. The first-order valence-electron chi connectivity index (χ1n) is 7.06. The van der Waals surface area contributed by atoms with Crippen LogP contribution in [-0.4, -0.2) is 40.0 Å². The first-order chi connectivity index (χ1) is 9.99. The lowest BCUT2D eigenvalue weighted by Crippen LogP contribution is -2.53. The number of benzene rings is 1. The van der Waals surface area contributed by atoms with Crippen molar-refractivity contribution in [1.82, 2.24) is 15.4 Å². The largest absolute Gasteiger partial charge is 0.355 e. The molecule has 0 spiro atoms. The second kappa shape index (κ2) is 7.02. The maximum absolute atomic E-state index is 12.0. The van der Waals surface area contributed by atoms with Crippen LogP contribution < -0.4 is 15.4 Å². The van der Waals surface area contributed by atoms with Gasteiger partial charge in [-0.1, -0.05) is 17.7 Å². The van der Waals surface area contributed by atoms with E-state index in [4.69, 9.17) is 0 Å². The number of carbonyl (C=O) groups excluding carboxylic acids is 1. The summed E-state index contributed by atoms with van der Waals surface area (Å²) in [6, 6.07) is 6.62. The number of hydrogen-bond donors (Lipinski definition) is 3. The molecule has 0 unspecified atom stereocenters. The van der Waals surface area contributed by atoms with E-state index >= 15 is 0 Å². The SMILES string of the molecule is Cc1ccc(S(=O)(=O)NCCCNC(=O)[C@@H]2CCN2)cc1. The van der Waals surface area contributed by atoms with Crippen LogP contribution in [0.5, 0.6) is 0 Å². The number of hydrogen-bond acceptors (Lipinski definition) is 4. The molecule has 116 valence electrons. The molecule has 0 bridgehead atoms. The topological polar surface area (TPSA) is 87.3 Å². The molecule has 7 heteroatoms. The Morgan fingerprint density at radius 2 is 1.95 bits per heavy atom. The highest BCUT2D eigenvalue weighted by atomic mass is 32.2. The first-order valence-corrected chi connectivity index (χ1v) is 8.55. The minimum absolute atomic E-state index is 0.0114. The predicted molar refractivity (Wildman–Crippen MR) is 80.4 cm³/mol. The minimum atomic E-state index is -3.46. The van der Waals surface area contributed by atoms with Gasteiger partial charge >= 0.3 is 0 Å². The van der Waals surface area contributed by atoms with Crippen molar-refractivity contribution in [2.75, 3.05) is 19.6 Å². The Morgan fingerprint density at radius 1 is 1.29 bits per heavy atom. The summed E-state index contributed by atoms with van der Waals surface area (Å²) in [5.41, 5.74) is 1.02. The van der Waals surface area contributed by atoms with Gasteiger partial charge in [-0.15, -0.1) is 0 Å². The van der Waals surface area contributed by atoms with Gasteiger partial charge in [-0.05, 0) is 38.4 Å². The van der Waals surface area contributed by atoms with Crippen LogP contribution in [0.15, 0.2) is 29.2 Å². The van der Waals surface area contributed by atoms with Crippen LogP contribution in [-0.2, 0) is 14.8 Å². The van der Waals surface area contributed by atoms with E-state index in [1.165, 1.54) is 0 Å². The van der Waals surface area contributed by atoms with Gasteiger partial charge in [0, 0.05) is 13.1 Å². The molecule has 1 aromatic carbocycles. The van der Waals surface area contributed by atoms with Gasteiger partial charge in [0.15, 0.2) is 0 Å². The number of sulfonamides is 1. The minimum Gasteiger partial charge on any atom is -0.355 e. The number of aryl methyl sites for hydroxylation is 1. The molecule has 0 aromatic heterocycles. The quantitative estimate of drug-likeness (QED) is 0.625. The molecule has 2 rings (SSSR count). The molecular weight excluding hydrogens is 290 g/mol. The summed E-state index contributed by atoms with van der Waals surface area (Å²) in [4.78, 5) is 11.8. The highest BCUT2D eigenvalue weighted by Gasteiger charge is 2.23. The molecule has 0 aliphatic carbocycles. The zero-order chi connectivity index (χ0) is 15.3. The standard InChI is InChI=1S/C14H21N3O3S/c1-11-3-5-12(6-4-11)21(19,20)17-9-2-8-16-14(18)13-7-10-15-13/h3-6,13,15,17H,2,7-10H2,1H3,(H,16,18)/t13-/m0/s1. The Morgan fingerprint density at radius 3 is 2.52 bits per heavy atom. The number of nitrogens with one attached hydrogen (secondary N) is 3. The van der Waals surface area contributed by atoms with Gasteiger partial charge in [-0.2, -0.15) is 0 Å². The van der Waals surface area contributed by atoms with Crippen LogP contribution in [0.4, 0.5) is 0 Å². The molecule has 3 N–H and O–H groups in total. The molecule has 21 heavy (non-hydrogen) atoms. The van der Waals surface area contributed by atoms with E-state index in [0.717, 1.165) is 18.5 Å². The van der Waals surface area contributed by atoms with Crippen molar-refractivity contribution >= 4 is 15.9 Å². The Balaban J connectivity index is 1.69. The average molecular weight is 311 g/mol. The molecule has 1 fully saturated rings. The molecule has 6 nitrogen and oxygen atoms in total. The summed E-state index contributed by atoms with van der Waals surface area (Å²) in [5.74, 6) is -0.0114. The Kier molecular flexibility index (Phi) is 5.33. The van der Waals surface area contributed by atoms with Gasteiger partial charge in [-0.25, -0.2) is 13.1 Å². The fraction of sp³-hybridized carbons (Fsp3) is 0.500. The van der Waals surface area contributed by atoms with Crippen molar-refractivity contribution in [3.8, 4) is 0 Å². The zero-order valence-electron chi connectivity index (χ0n) is 12.1. The van der Waals surface area contributed by atoms with Gasteiger partial charge in [0.1, 0.15) is 0 Å². The van der Waals surface area contributed by atoms with Crippen molar-refractivity contribution in [3.05, 3.63) is 29.8 Å². The maximum atomic E-state index is 12.0. The highest BCUT2D eigenvalue weighted by Crippen LogP contribution is 2.09. The van der Waals surface area contributed by atoms with Crippen LogP contribution in [0.25, 0.3) is 0 Å². The summed E-state index contributed by atoms with van der Waals surface area (Å²) >= 11 is 0. The summed E-state index contributed by atoms with van der Waals surface area (Å²) in [6.07, 6.45) is 1.43. The van der Waals surface area contributed by atoms with Crippen molar-refractivity contribution in [1.29, 1.82) is 0 Å². The molecule has 1 aliphatic heterocycles. The Hall–Kier alpha value is -1.44. The molecule has 1 saturated heterocycles. The molecule has 1 heterocycles. The van der Waals surface area contributed by atoms with Crippen LogP contribution in [0.3, 0.4) is 0 Å². The van der Waals surface area contributed by atoms with Crippen molar-refractivity contribution < 1.29 is 13.2 Å².